The van der Waals surface area contributed by atoms with Gasteiger partial charge >= 0.3 is 0 Å². The van der Waals surface area contributed by atoms with Crippen molar-refractivity contribution in [3.05, 3.63) is 30.1 Å². The normalized spacial score (nSPS) is 10.8. The average molecular weight is 235 g/mol. The molecule has 17 heavy (non-hydrogen) atoms. The van der Waals surface area contributed by atoms with Gasteiger partial charge in [0.15, 0.2) is 5.82 Å². The summed E-state index contributed by atoms with van der Waals surface area (Å²) in [4.78, 5) is 4.04. The topological polar surface area (TPSA) is 50.8 Å². The summed E-state index contributed by atoms with van der Waals surface area (Å²) in [5, 5.41) is 6.52. The number of hydrogen-bond acceptors (Lipinski definition) is 3. The number of ether oxygens (including phenoxy) is 1. The van der Waals surface area contributed by atoms with E-state index >= 15 is 0 Å². The van der Waals surface area contributed by atoms with Gasteiger partial charge < -0.3 is 4.74 Å². The summed E-state index contributed by atoms with van der Waals surface area (Å²) in [5.74, 6) is 1.25. The summed E-state index contributed by atoms with van der Waals surface area (Å²) >= 11 is 0. The number of hydrogen-bond donors (Lipinski definition) is 1. The van der Waals surface area contributed by atoms with Gasteiger partial charge in [-0.05, 0) is 37.6 Å². The Hall–Kier alpha value is -1.91. The molecule has 2 rings (SSSR count). The molecule has 0 saturated heterocycles. The van der Waals surface area contributed by atoms with Gasteiger partial charge in [0.2, 0.25) is 0 Å². The maximum absolute atomic E-state index is 12.8. The van der Waals surface area contributed by atoms with Crippen LogP contribution in [0, 0.1) is 0 Å². The number of H-pyrrole nitrogens is 1. The van der Waals surface area contributed by atoms with E-state index in [1.165, 1.54) is 6.33 Å². The molecule has 0 aliphatic carbocycles. The fourth-order valence-electron chi connectivity index (χ4n) is 1.56. The van der Waals surface area contributed by atoms with Crippen molar-refractivity contribution < 1.29 is 9.13 Å². The molecule has 90 valence electrons. The van der Waals surface area contributed by atoms with Crippen molar-refractivity contribution in [3.8, 4) is 17.1 Å². The molecule has 4 nitrogen and oxygen atoms in total. The third-order valence-corrected chi connectivity index (χ3v) is 2.18. The summed E-state index contributed by atoms with van der Waals surface area (Å²) in [5.41, 5.74) is 1.34. The van der Waals surface area contributed by atoms with E-state index in [1.54, 1.807) is 12.1 Å². The molecule has 0 aliphatic rings. The van der Waals surface area contributed by atoms with Crippen LogP contribution >= 0.6 is 0 Å². The Morgan fingerprint density at radius 1 is 1.35 bits per heavy atom. The highest BCUT2D eigenvalue weighted by atomic mass is 19.1. The van der Waals surface area contributed by atoms with Crippen LogP contribution in [0.3, 0.4) is 0 Å². The standard InChI is InChI=1S/C12H14FN3O/c1-8(2)17-11-4-9(6-13)3-10(5-11)12-14-7-15-16-12/h3-5,7-8H,6H2,1-2H3,(H,14,15,16). The van der Waals surface area contributed by atoms with Gasteiger partial charge in [-0.3, -0.25) is 5.10 Å². The zero-order valence-corrected chi connectivity index (χ0v) is 9.77. The summed E-state index contributed by atoms with van der Waals surface area (Å²) in [6, 6.07) is 5.24. The Morgan fingerprint density at radius 3 is 2.76 bits per heavy atom. The molecule has 0 amide bonds. The lowest BCUT2D eigenvalue weighted by Gasteiger charge is -2.11. The van der Waals surface area contributed by atoms with Crippen molar-refractivity contribution in [1.82, 2.24) is 15.2 Å². The zero-order chi connectivity index (χ0) is 12.3. The van der Waals surface area contributed by atoms with E-state index in [1.807, 2.05) is 19.9 Å². The number of aromatic nitrogens is 3. The largest absolute Gasteiger partial charge is 0.491 e. The number of aromatic amines is 1. The van der Waals surface area contributed by atoms with Crippen LogP contribution in [0.4, 0.5) is 4.39 Å². The lowest BCUT2D eigenvalue weighted by Crippen LogP contribution is -2.06. The highest BCUT2D eigenvalue weighted by Crippen LogP contribution is 2.24. The molecule has 1 aromatic heterocycles. The second kappa shape index (κ2) is 4.95. The van der Waals surface area contributed by atoms with Gasteiger partial charge in [-0.1, -0.05) is 0 Å². The maximum atomic E-state index is 12.8. The average Bonchev–Trinajstić information content (AvgIpc) is 2.81. The Morgan fingerprint density at radius 2 is 2.18 bits per heavy atom. The minimum absolute atomic E-state index is 0.0486. The highest BCUT2D eigenvalue weighted by molar-refractivity contribution is 5.58. The van der Waals surface area contributed by atoms with Gasteiger partial charge in [-0.15, -0.1) is 0 Å². The summed E-state index contributed by atoms with van der Waals surface area (Å²) in [6.07, 6.45) is 1.47. The van der Waals surface area contributed by atoms with E-state index in [-0.39, 0.29) is 6.10 Å². The quantitative estimate of drug-likeness (QED) is 0.886. The fourth-order valence-corrected chi connectivity index (χ4v) is 1.56. The van der Waals surface area contributed by atoms with Crippen molar-refractivity contribution in [2.45, 2.75) is 26.6 Å². The van der Waals surface area contributed by atoms with Crippen LogP contribution in [0.2, 0.25) is 0 Å². The SMILES string of the molecule is CC(C)Oc1cc(CF)cc(-c2ncn[nH]2)c1. The molecule has 0 spiro atoms. The molecule has 1 N–H and O–H groups in total. The number of nitrogens with one attached hydrogen (secondary N) is 1. The number of benzene rings is 1. The molecule has 2 aromatic rings. The number of nitrogens with zero attached hydrogens (tertiary/aromatic N) is 2. The van der Waals surface area contributed by atoms with Crippen molar-refractivity contribution in [1.29, 1.82) is 0 Å². The number of alkyl halides is 1. The van der Waals surface area contributed by atoms with Gasteiger partial charge in [0.05, 0.1) is 6.10 Å². The second-order valence-corrected chi connectivity index (χ2v) is 4.00. The van der Waals surface area contributed by atoms with Gasteiger partial charge in [-0.2, -0.15) is 5.10 Å². The lowest BCUT2D eigenvalue weighted by atomic mass is 10.1. The minimum Gasteiger partial charge on any atom is -0.491 e. The monoisotopic (exact) mass is 235 g/mol. The van der Waals surface area contributed by atoms with E-state index < -0.39 is 6.67 Å². The van der Waals surface area contributed by atoms with Gasteiger partial charge in [0, 0.05) is 5.56 Å². The smallest absolute Gasteiger partial charge is 0.155 e. The maximum Gasteiger partial charge on any atom is 0.155 e. The summed E-state index contributed by atoms with van der Waals surface area (Å²) in [7, 11) is 0. The molecule has 0 unspecified atom stereocenters. The third kappa shape index (κ3) is 2.81. The first-order valence-electron chi connectivity index (χ1n) is 5.41. The van der Waals surface area contributed by atoms with Crippen LogP contribution in [-0.2, 0) is 6.67 Å². The molecule has 0 fully saturated rings. The van der Waals surface area contributed by atoms with Crippen LogP contribution in [-0.4, -0.2) is 21.3 Å². The molecule has 0 saturated carbocycles. The van der Waals surface area contributed by atoms with E-state index in [2.05, 4.69) is 15.2 Å². The van der Waals surface area contributed by atoms with Crippen LogP contribution < -0.4 is 4.74 Å². The Balaban J connectivity index is 2.38. The Kier molecular flexibility index (Phi) is 3.37. The van der Waals surface area contributed by atoms with Gasteiger partial charge in [0.1, 0.15) is 18.8 Å². The van der Waals surface area contributed by atoms with E-state index in [0.29, 0.717) is 17.1 Å². The fraction of sp³-hybridized carbons (Fsp3) is 0.333. The van der Waals surface area contributed by atoms with Crippen molar-refractivity contribution in [2.75, 3.05) is 0 Å². The molecular formula is C12H14FN3O. The Bertz CT molecular complexity index is 483. The molecule has 0 aliphatic heterocycles. The highest BCUT2D eigenvalue weighted by Gasteiger charge is 2.07. The summed E-state index contributed by atoms with van der Waals surface area (Å²) in [6.45, 7) is 3.32. The number of rotatable bonds is 4. The summed E-state index contributed by atoms with van der Waals surface area (Å²) < 4.78 is 18.3. The first kappa shape index (κ1) is 11.6. The molecule has 1 aromatic carbocycles. The number of halogens is 1. The first-order chi connectivity index (χ1) is 8.19. The van der Waals surface area contributed by atoms with Crippen LogP contribution in [0.1, 0.15) is 19.4 Å². The first-order valence-corrected chi connectivity index (χ1v) is 5.41. The van der Waals surface area contributed by atoms with Crippen LogP contribution in [0.25, 0.3) is 11.4 Å². The van der Waals surface area contributed by atoms with Gasteiger partial charge in [0.25, 0.3) is 0 Å². The predicted molar refractivity (Wildman–Crippen MR) is 62.4 cm³/mol. The van der Waals surface area contributed by atoms with Crippen molar-refractivity contribution in [3.63, 3.8) is 0 Å². The minimum atomic E-state index is -0.531. The van der Waals surface area contributed by atoms with Crippen LogP contribution in [0.15, 0.2) is 24.5 Å². The molecular weight excluding hydrogens is 221 g/mol. The van der Waals surface area contributed by atoms with Crippen molar-refractivity contribution in [2.24, 2.45) is 0 Å². The molecule has 0 radical (unpaired) electrons. The predicted octanol–water partition coefficient (Wildman–Crippen LogP) is 2.73. The zero-order valence-electron chi connectivity index (χ0n) is 9.77. The lowest BCUT2D eigenvalue weighted by molar-refractivity contribution is 0.242. The molecule has 1 heterocycles. The Labute approximate surface area is 98.8 Å². The van der Waals surface area contributed by atoms with Crippen molar-refractivity contribution >= 4 is 0 Å². The third-order valence-electron chi connectivity index (χ3n) is 2.18. The molecule has 0 bridgehead atoms. The van der Waals surface area contributed by atoms with Crippen LogP contribution in [0.5, 0.6) is 5.75 Å². The molecule has 5 heteroatoms. The van der Waals surface area contributed by atoms with Gasteiger partial charge in [-0.25, -0.2) is 9.37 Å². The second-order valence-electron chi connectivity index (χ2n) is 4.00. The molecule has 0 atom stereocenters. The van der Waals surface area contributed by atoms with E-state index in [4.69, 9.17) is 4.74 Å². The van der Waals surface area contributed by atoms with E-state index in [0.717, 1.165) is 5.56 Å². The van der Waals surface area contributed by atoms with E-state index in [9.17, 15) is 4.39 Å².